The first-order valence-electron chi connectivity index (χ1n) is 6.81. The minimum atomic E-state index is -3.73. The molecular weight excluding hydrogens is 294 g/mol. The Morgan fingerprint density at radius 2 is 2.00 bits per heavy atom. The predicted octanol–water partition coefficient (Wildman–Crippen LogP) is 0.943. The summed E-state index contributed by atoms with van der Waals surface area (Å²) in [7, 11) is -2.50. The van der Waals surface area contributed by atoms with Crippen LogP contribution in [0.1, 0.15) is 24.0 Å². The van der Waals surface area contributed by atoms with Crippen molar-refractivity contribution in [3.8, 4) is 0 Å². The van der Waals surface area contributed by atoms with Crippen LogP contribution in [0.5, 0.6) is 0 Å². The number of aliphatic carboxylic acids is 1. The molecule has 1 atom stereocenters. The fourth-order valence-electron chi connectivity index (χ4n) is 2.42. The maximum atomic E-state index is 12.2. The van der Waals surface area contributed by atoms with Crippen LogP contribution in [-0.2, 0) is 32.4 Å². The van der Waals surface area contributed by atoms with Crippen molar-refractivity contribution in [3.63, 3.8) is 0 Å². The van der Waals surface area contributed by atoms with Gasteiger partial charge in [0.15, 0.2) is 6.10 Å². The molecule has 0 fully saturated rings. The summed E-state index contributed by atoms with van der Waals surface area (Å²) in [4.78, 5) is 11.0. The molecule has 0 heterocycles. The summed E-state index contributed by atoms with van der Waals surface area (Å²) in [5.74, 6) is -1.20. The van der Waals surface area contributed by atoms with Crippen LogP contribution in [0.25, 0.3) is 0 Å². The van der Waals surface area contributed by atoms with Crippen LogP contribution in [0.15, 0.2) is 23.1 Å². The second kappa shape index (κ2) is 6.55. The van der Waals surface area contributed by atoms with Gasteiger partial charge in [-0.3, -0.25) is 0 Å². The number of benzene rings is 1. The third-order valence-electron chi connectivity index (χ3n) is 3.65. The third-order valence-corrected chi connectivity index (χ3v) is 5.07. The lowest BCUT2D eigenvalue weighted by atomic mass is 9.92. The van der Waals surface area contributed by atoms with Crippen molar-refractivity contribution in [2.75, 3.05) is 13.7 Å². The minimum absolute atomic E-state index is 0.170. The van der Waals surface area contributed by atoms with Gasteiger partial charge >= 0.3 is 5.97 Å². The van der Waals surface area contributed by atoms with E-state index in [1.54, 1.807) is 12.1 Å². The van der Waals surface area contributed by atoms with E-state index in [1.165, 1.54) is 12.7 Å². The van der Waals surface area contributed by atoms with Gasteiger partial charge in [0.25, 0.3) is 0 Å². The van der Waals surface area contributed by atoms with Crippen LogP contribution in [0.3, 0.4) is 0 Å². The van der Waals surface area contributed by atoms with Crippen LogP contribution in [0, 0.1) is 0 Å². The molecule has 0 amide bonds. The number of hydrogen-bond acceptors (Lipinski definition) is 4. The van der Waals surface area contributed by atoms with E-state index in [1.807, 2.05) is 6.07 Å². The molecular formula is C14H19NO5S. The summed E-state index contributed by atoms with van der Waals surface area (Å²) in [5.41, 5.74) is 2.26. The summed E-state index contributed by atoms with van der Waals surface area (Å²) in [6.07, 6.45) is 2.86. The lowest BCUT2D eigenvalue weighted by molar-refractivity contribution is -0.147. The molecule has 1 unspecified atom stereocenters. The number of nitrogens with one attached hydrogen (secondary N) is 1. The highest BCUT2D eigenvalue weighted by molar-refractivity contribution is 7.89. The fourth-order valence-corrected chi connectivity index (χ4v) is 3.50. The van der Waals surface area contributed by atoms with E-state index >= 15 is 0 Å². The summed E-state index contributed by atoms with van der Waals surface area (Å²) in [6, 6.07) is 5.09. The summed E-state index contributed by atoms with van der Waals surface area (Å²) in [6.45, 7) is -0.300. The molecule has 2 N–H and O–H groups in total. The number of hydrogen-bond donors (Lipinski definition) is 2. The van der Waals surface area contributed by atoms with E-state index in [0.29, 0.717) is 0 Å². The Morgan fingerprint density at radius 3 is 2.62 bits per heavy atom. The highest BCUT2D eigenvalue weighted by Crippen LogP contribution is 2.23. The lowest BCUT2D eigenvalue weighted by Crippen LogP contribution is -2.37. The molecule has 0 radical (unpaired) electrons. The molecule has 1 aromatic carbocycles. The smallest absolute Gasteiger partial charge is 0.334 e. The molecule has 1 aromatic rings. The van der Waals surface area contributed by atoms with Gasteiger partial charge < -0.3 is 9.84 Å². The minimum Gasteiger partial charge on any atom is -0.479 e. The summed E-state index contributed by atoms with van der Waals surface area (Å²) >= 11 is 0. The maximum Gasteiger partial charge on any atom is 0.334 e. The van der Waals surface area contributed by atoms with Crippen molar-refractivity contribution in [1.29, 1.82) is 0 Å². The zero-order valence-electron chi connectivity index (χ0n) is 11.8. The number of fused-ring (bicyclic) bond motifs is 1. The van der Waals surface area contributed by atoms with Gasteiger partial charge in [0.05, 0.1) is 4.90 Å². The van der Waals surface area contributed by atoms with Crippen LogP contribution >= 0.6 is 0 Å². The van der Waals surface area contributed by atoms with Crippen molar-refractivity contribution >= 4 is 16.0 Å². The average Bonchev–Trinajstić information content (AvgIpc) is 2.47. The number of aryl methyl sites for hydroxylation is 2. The monoisotopic (exact) mass is 313 g/mol. The Hall–Kier alpha value is -1.44. The molecule has 0 aromatic heterocycles. The molecule has 6 nitrogen and oxygen atoms in total. The van der Waals surface area contributed by atoms with Crippen LogP contribution < -0.4 is 4.72 Å². The number of sulfonamides is 1. The molecule has 0 spiro atoms. The van der Waals surface area contributed by atoms with E-state index in [4.69, 9.17) is 9.84 Å². The van der Waals surface area contributed by atoms with Crippen LogP contribution in [0.4, 0.5) is 0 Å². The zero-order valence-corrected chi connectivity index (χ0v) is 12.6. The first-order chi connectivity index (χ1) is 9.94. The number of ether oxygens (including phenoxy) is 1. The molecule has 1 aliphatic carbocycles. The first kappa shape index (κ1) is 15.9. The number of methoxy groups -OCH3 is 1. The van der Waals surface area contributed by atoms with Gasteiger partial charge in [-0.05, 0) is 48.9 Å². The number of carboxylic acid groups (broad SMARTS) is 1. The first-order valence-corrected chi connectivity index (χ1v) is 8.29. The normalized spacial score (nSPS) is 16.2. The van der Waals surface area contributed by atoms with E-state index in [-0.39, 0.29) is 11.4 Å². The molecule has 21 heavy (non-hydrogen) atoms. The van der Waals surface area contributed by atoms with E-state index in [2.05, 4.69) is 4.72 Å². The average molecular weight is 313 g/mol. The van der Waals surface area contributed by atoms with Gasteiger partial charge in [-0.25, -0.2) is 17.9 Å². The van der Waals surface area contributed by atoms with Gasteiger partial charge in [-0.15, -0.1) is 0 Å². The Labute approximate surface area is 124 Å². The van der Waals surface area contributed by atoms with Gasteiger partial charge in [0, 0.05) is 13.7 Å². The Balaban J connectivity index is 2.14. The van der Waals surface area contributed by atoms with E-state index in [9.17, 15) is 13.2 Å². The Morgan fingerprint density at radius 1 is 1.33 bits per heavy atom. The van der Waals surface area contributed by atoms with Gasteiger partial charge in [-0.1, -0.05) is 6.07 Å². The van der Waals surface area contributed by atoms with Crippen LogP contribution in [0.2, 0.25) is 0 Å². The quantitative estimate of drug-likeness (QED) is 0.815. The predicted molar refractivity (Wildman–Crippen MR) is 76.7 cm³/mol. The van der Waals surface area contributed by atoms with Gasteiger partial charge in [0.1, 0.15) is 0 Å². The zero-order chi connectivity index (χ0) is 15.5. The molecule has 1 aliphatic rings. The molecule has 0 bridgehead atoms. The molecule has 116 valence electrons. The SMILES string of the molecule is COC(CNS(=O)(=O)c1ccc2c(c1)CCCC2)C(=O)O. The van der Waals surface area contributed by atoms with Crippen molar-refractivity contribution in [2.24, 2.45) is 0 Å². The lowest BCUT2D eigenvalue weighted by Gasteiger charge is -2.17. The van der Waals surface area contributed by atoms with Gasteiger partial charge in [0.2, 0.25) is 10.0 Å². The highest BCUT2D eigenvalue weighted by atomic mass is 32.2. The summed E-state index contributed by atoms with van der Waals surface area (Å²) < 4.78 is 31.4. The van der Waals surface area contributed by atoms with Crippen molar-refractivity contribution in [2.45, 2.75) is 36.7 Å². The number of carbonyl (C=O) groups is 1. The van der Waals surface area contributed by atoms with Crippen molar-refractivity contribution < 1.29 is 23.1 Å². The van der Waals surface area contributed by atoms with Crippen molar-refractivity contribution in [3.05, 3.63) is 29.3 Å². The topological polar surface area (TPSA) is 92.7 Å². The Kier molecular flexibility index (Phi) is 4.97. The van der Waals surface area contributed by atoms with Crippen molar-refractivity contribution in [1.82, 2.24) is 4.72 Å². The molecule has 7 heteroatoms. The third kappa shape index (κ3) is 3.81. The van der Waals surface area contributed by atoms with Crippen LogP contribution in [-0.4, -0.2) is 39.3 Å². The van der Waals surface area contributed by atoms with Gasteiger partial charge in [-0.2, -0.15) is 0 Å². The van der Waals surface area contributed by atoms with E-state index < -0.39 is 22.1 Å². The second-order valence-electron chi connectivity index (χ2n) is 5.05. The highest BCUT2D eigenvalue weighted by Gasteiger charge is 2.22. The van der Waals surface area contributed by atoms with E-state index in [0.717, 1.165) is 31.2 Å². The standard InChI is InChI=1S/C14H19NO5S/c1-20-13(14(16)17)9-15-21(18,19)12-7-6-10-4-2-3-5-11(10)8-12/h6-8,13,15H,2-5,9H2,1H3,(H,16,17). The molecule has 2 rings (SSSR count). The second-order valence-corrected chi connectivity index (χ2v) is 6.82. The largest absolute Gasteiger partial charge is 0.479 e. The summed E-state index contributed by atoms with van der Waals surface area (Å²) in [5, 5.41) is 8.84. The number of carboxylic acids is 1. The molecule has 0 saturated carbocycles. The molecule has 0 aliphatic heterocycles. The maximum absolute atomic E-state index is 12.2. The number of rotatable bonds is 6. The molecule has 0 saturated heterocycles. The Bertz CT molecular complexity index is 626. The fraction of sp³-hybridized carbons (Fsp3) is 0.500.